The van der Waals surface area contributed by atoms with Gasteiger partial charge in [-0.05, 0) is 12.1 Å². The van der Waals surface area contributed by atoms with Gasteiger partial charge in [0.05, 0.1) is 10.7 Å². The van der Waals surface area contributed by atoms with Crippen molar-refractivity contribution in [3.8, 4) is 0 Å². The minimum Gasteiger partial charge on any atom is -0.324 e. The maximum atomic E-state index is 11.2. The molecule has 1 N–H and O–H groups in total. The van der Waals surface area contributed by atoms with Crippen molar-refractivity contribution in [3.05, 3.63) is 23.2 Å². The number of hydrogen-bond acceptors (Lipinski definition) is 2. The van der Waals surface area contributed by atoms with E-state index in [1.54, 1.807) is 17.8 Å². The molecule has 13 heavy (non-hydrogen) atoms. The van der Waals surface area contributed by atoms with Gasteiger partial charge in [-0.3, -0.25) is 4.79 Å². The van der Waals surface area contributed by atoms with Crippen molar-refractivity contribution in [1.29, 1.82) is 0 Å². The topological polar surface area (TPSA) is 29.1 Å². The minimum absolute atomic E-state index is 0.0411. The van der Waals surface area contributed by atoms with Crippen LogP contribution < -0.4 is 5.32 Å². The molecule has 1 aliphatic heterocycles. The van der Waals surface area contributed by atoms with Crippen LogP contribution in [0.4, 0.5) is 5.69 Å². The third kappa shape index (κ3) is 1.81. The van der Waals surface area contributed by atoms with Gasteiger partial charge in [0.25, 0.3) is 0 Å². The summed E-state index contributed by atoms with van der Waals surface area (Å²) in [7, 11) is 0. The Morgan fingerprint density at radius 1 is 1.46 bits per heavy atom. The first kappa shape index (κ1) is 8.91. The Balaban J connectivity index is 2.46. The molecule has 1 aliphatic rings. The van der Waals surface area contributed by atoms with Crippen LogP contribution in [0.25, 0.3) is 0 Å². The maximum Gasteiger partial charge on any atom is 0.225 e. The molecule has 0 fully saturated rings. The molecule has 0 atom stereocenters. The van der Waals surface area contributed by atoms with Crippen molar-refractivity contribution in [3.63, 3.8) is 0 Å². The summed E-state index contributed by atoms with van der Waals surface area (Å²) < 4.78 is 0. The van der Waals surface area contributed by atoms with Crippen LogP contribution in [0, 0.1) is 0 Å². The normalized spacial score (nSPS) is 15.9. The molecule has 1 aromatic rings. The second kappa shape index (κ2) is 3.60. The zero-order valence-electron chi connectivity index (χ0n) is 6.84. The second-order valence-electron chi connectivity index (χ2n) is 2.76. The molecule has 0 bridgehead atoms. The van der Waals surface area contributed by atoms with Crippen molar-refractivity contribution in [2.75, 3.05) is 11.1 Å². The molecule has 0 saturated heterocycles. The van der Waals surface area contributed by atoms with E-state index in [2.05, 4.69) is 5.32 Å². The molecule has 0 aromatic heterocycles. The second-order valence-corrected chi connectivity index (χ2v) is 4.30. The summed E-state index contributed by atoms with van der Waals surface area (Å²) in [5.41, 5.74) is 0.761. The Morgan fingerprint density at radius 3 is 3.15 bits per heavy atom. The van der Waals surface area contributed by atoms with Gasteiger partial charge in [-0.25, -0.2) is 0 Å². The lowest BCUT2D eigenvalue weighted by Crippen LogP contribution is -2.10. The van der Waals surface area contributed by atoms with Gasteiger partial charge in [0.1, 0.15) is 0 Å². The van der Waals surface area contributed by atoms with E-state index >= 15 is 0 Å². The highest BCUT2D eigenvalue weighted by atomic mass is 35.5. The number of carbonyl (C=O) groups excluding carboxylic acids is 1. The third-order valence-corrected chi connectivity index (χ3v) is 3.20. The van der Waals surface area contributed by atoms with E-state index in [1.165, 1.54) is 0 Å². The number of nitrogens with one attached hydrogen (secondary N) is 1. The van der Waals surface area contributed by atoms with E-state index in [4.69, 9.17) is 11.6 Å². The molecule has 1 amide bonds. The number of rotatable bonds is 0. The fourth-order valence-corrected chi connectivity index (χ4v) is 2.47. The van der Waals surface area contributed by atoms with E-state index in [1.807, 2.05) is 12.1 Å². The van der Waals surface area contributed by atoms with E-state index < -0.39 is 0 Å². The summed E-state index contributed by atoms with van der Waals surface area (Å²) in [6, 6.07) is 5.65. The number of carbonyl (C=O) groups is 1. The quantitative estimate of drug-likeness (QED) is 0.718. The number of fused-ring (bicyclic) bond motifs is 1. The highest BCUT2D eigenvalue weighted by molar-refractivity contribution is 7.99. The van der Waals surface area contributed by atoms with Crippen LogP contribution in [0.2, 0.25) is 5.02 Å². The number of anilines is 1. The zero-order chi connectivity index (χ0) is 9.26. The molecule has 0 saturated carbocycles. The van der Waals surface area contributed by atoms with Crippen LogP contribution in [0.5, 0.6) is 0 Å². The molecule has 1 heterocycles. The third-order valence-electron chi connectivity index (χ3n) is 1.83. The first-order chi connectivity index (χ1) is 6.27. The van der Waals surface area contributed by atoms with Crippen LogP contribution in [-0.2, 0) is 4.79 Å². The Hall–Kier alpha value is -0.670. The SMILES string of the molecule is O=C1CCSc2cccc(Cl)c2N1. The minimum atomic E-state index is 0.0411. The predicted octanol–water partition coefficient (Wildman–Crippen LogP) is 2.77. The summed E-state index contributed by atoms with van der Waals surface area (Å²) in [4.78, 5) is 12.3. The number of halogens is 1. The first-order valence-electron chi connectivity index (χ1n) is 3.98. The summed E-state index contributed by atoms with van der Waals surface area (Å²) >= 11 is 7.61. The number of benzene rings is 1. The highest BCUT2D eigenvalue weighted by Crippen LogP contribution is 2.35. The van der Waals surface area contributed by atoms with Crippen LogP contribution in [-0.4, -0.2) is 11.7 Å². The van der Waals surface area contributed by atoms with Crippen LogP contribution in [0.1, 0.15) is 6.42 Å². The van der Waals surface area contributed by atoms with Gasteiger partial charge in [-0.2, -0.15) is 0 Å². The monoisotopic (exact) mass is 213 g/mol. The van der Waals surface area contributed by atoms with E-state index in [0.29, 0.717) is 11.4 Å². The van der Waals surface area contributed by atoms with Crippen molar-refractivity contribution in [2.24, 2.45) is 0 Å². The highest BCUT2D eigenvalue weighted by Gasteiger charge is 2.14. The average Bonchev–Trinajstić information content (AvgIpc) is 2.28. The van der Waals surface area contributed by atoms with Crippen molar-refractivity contribution in [1.82, 2.24) is 0 Å². The van der Waals surface area contributed by atoms with Gasteiger partial charge in [0.15, 0.2) is 0 Å². The predicted molar refractivity (Wildman–Crippen MR) is 55.4 cm³/mol. The molecule has 0 spiro atoms. The lowest BCUT2D eigenvalue weighted by atomic mass is 10.3. The number of hydrogen-bond donors (Lipinski definition) is 1. The molecule has 4 heteroatoms. The van der Waals surface area contributed by atoms with Crippen molar-refractivity contribution in [2.45, 2.75) is 11.3 Å². The fourth-order valence-electron chi connectivity index (χ4n) is 1.20. The molecule has 2 nitrogen and oxygen atoms in total. The van der Waals surface area contributed by atoms with Gasteiger partial charge in [-0.15, -0.1) is 11.8 Å². The first-order valence-corrected chi connectivity index (χ1v) is 5.35. The molecular weight excluding hydrogens is 206 g/mol. The smallest absolute Gasteiger partial charge is 0.225 e. The van der Waals surface area contributed by atoms with Gasteiger partial charge < -0.3 is 5.32 Å². The van der Waals surface area contributed by atoms with E-state index in [9.17, 15) is 4.79 Å². The lowest BCUT2D eigenvalue weighted by molar-refractivity contribution is -0.115. The number of para-hydroxylation sites is 1. The maximum absolute atomic E-state index is 11.2. The largest absolute Gasteiger partial charge is 0.324 e. The molecule has 0 aliphatic carbocycles. The summed E-state index contributed by atoms with van der Waals surface area (Å²) in [5, 5.41) is 3.41. The Kier molecular flexibility index (Phi) is 2.47. The van der Waals surface area contributed by atoms with E-state index in [0.717, 1.165) is 16.3 Å². The molecule has 68 valence electrons. The van der Waals surface area contributed by atoms with Gasteiger partial charge in [-0.1, -0.05) is 17.7 Å². The van der Waals surface area contributed by atoms with Crippen LogP contribution in [0.3, 0.4) is 0 Å². The van der Waals surface area contributed by atoms with Crippen LogP contribution in [0.15, 0.2) is 23.1 Å². The molecule has 2 rings (SSSR count). The van der Waals surface area contributed by atoms with Crippen molar-refractivity contribution < 1.29 is 4.79 Å². The fraction of sp³-hybridized carbons (Fsp3) is 0.222. The standard InChI is InChI=1S/C9H8ClNOS/c10-6-2-1-3-7-9(6)11-8(12)4-5-13-7/h1-3H,4-5H2,(H,11,12). The Labute approximate surface area is 85.7 Å². The van der Waals surface area contributed by atoms with Crippen LogP contribution >= 0.6 is 23.4 Å². The lowest BCUT2D eigenvalue weighted by Gasteiger charge is -2.06. The van der Waals surface area contributed by atoms with Gasteiger partial charge >= 0.3 is 0 Å². The molecule has 0 radical (unpaired) electrons. The molecule has 1 aromatic carbocycles. The van der Waals surface area contributed by atoms with Gasteiger partial charge in [0.2, 0.25) is 5.91 Å². The zero-order valence-corrected chi connectivity index (χ0v) is 8.41. The molecular formula is C9H8ClNOS. The molecule has 0 unspecified atom stereocenters. The van der Waals surface area contributed by atoms with E-state index in [-0.39, 0.29) is 5.91 Å². The number of amides is 1. The van der Waals surface area contributed by atoms with Crippen molar-refractivity contribution >= 4 is 35.0 Å². The van der Waals surface area contributed by atoms with Gasteiger partial charge in [0, 0.05) is 17.1 Å². The Morgan fingerprint density at radius 2 is 2.31 bits per heavy atom. The Bertz CT molecular complexity index is 353. The number of thioether (sulfide) groups is 1. The summed E-state index contributed by atoms with van der Waals surface area (Å²) in [5.74, 6) is 0.860. The summed E-state index contributed by atoms with van der Waals surface area (Å²) in [6.07, 6.45) is 0.551. The average molecular weight is 214 g/mol. The summed E-state index contributed by atoms with van der Waals surface area (Å²) in [6.45, 7) is 0.